The number of piperazine rings is 2. The lowest BCUT2D eigenvalue weighted by molar-refractivity contribution is -0.144. The SMILES string of the molecule is C[C@@H]1CN(c2cc(F)c(C3=CCNCC3)cc2NC(=O)c2c[nH]c(=O)cc2C(F)(F)F)C[C@H](C)N1C.Cc1ncsc1-c1ccc(CNC(=O)[C@@H]2C[C@@H](O)CN2C(=O)[C@@H](NC(=O)CCCCC(=O)N2CC=C(c3cc(NC(=O)c4c[nH]c(=O)cc4C(F)(F)F)c(N4C[C@@H](C)N(C)[C@@H](C)C4)cc3F)CC2)C(C)(C)C)cc1.Cc1ncsc1-c1ccc(CNC(=O)[C@@H]2C[C@@H](O)CN2C(=O)[C@@H](NC(=O)CCCCC(=O)O)C(C)(C)C)cc1. The third-order valence-corrected chi connectivity index (χ3v) is 29.8. The first-order valence-electron chi connectivity index (χ1n) is 49.7. The molecular formula is C106H132F8N18O15S2. The van der Waals surface area contributed by atoms with Gasteiger partial charge in [0.15, 0.2) is 0 Å². The number of H-pyrrole nitrogens is 2. The van der Waals surface area contributed by atoms with Crippen LogP contribution in [0.1, 0.15) is 212 Å². The Morgan fingerprint density at radius 3 is 1.26 bits per heavy atom. The van der Waals surface area contributed by atoms with Crippen LogP contribution in [0.25, 0.3) is 32.0 Å². The lowest BCUT2D eigenvalue weighted by Crippen LogP contribution is -2.57. The first kappa shape index (κ1) is 115. The van der Waals surface area contributed by atoms with Gasteiger partial charge in [0.05, 0.1) is 89.4 Å². The summed E-state index contributed by atoms with van der Waals surface area (Å²) in [5.41, 5.74) is 4.29. The maximum absolute atomic E-state index is 16.2. The molecule has 4 fully saturated rings. The summed E-state index contributed by atoms with van der Waals surface area (Å²) in [5.74, 6) is -6.84. The van der Waals surface area contributed by atoms with Crippen LogP contribution in [-0.4, -0.2) is 259 Å². The van der Waals surface area contributed by atoms with Crippen LogP contribution in [0.15, 0.2) is 130 Å². The first-order valence-corrected chi connectivity index (χ1v) is 51.5. The van der Waals surface area contributed by atoms with Gasteiger partial charge in [-0.05, 0) is 169 Å². The minimum absolute atomic E-state index is 0.000872. The average molecular weight is 2110 g/mol. The van der Waals surface area contributed by atoms with Gasteiger partial charge < -0.3 is 87.0 Å². The van der Waals surface area contributed by atoms with Crippen LogP contribution in [0.5, 0.6) is 0 Å². The number of anilines is 4. The molecule has 14 rings (SSSR count). The van der Waals surface area contributed by atoms with Gasteiger partial charge in [0.1, 0.15) is 35.8 Å². The maximum atomic E-state index is 16.2. The summed E-state index contributed by atoms with van der Waals surface area (Å²) < 4.78 is 114. The molecule has 12 N–H and O–H groups in total. The van der Waals surface area contributed by atoms with E-state index >= 15 is 8.78 Å². The molecule has 4 aromatic carbocycles. The van der Waals surface area contributed by atoms with E-state index in [0.717, 1.165) is 55.2 Å². The fraction of sp³-hybridized carbons (Fsp3) is 0.491. The van der Waals surface area contributed by atoms with E-state index in [-0.39, 0.29) is 149 Å². The van der Waals surface area contributed by atoms with Crippen molar-refractivity contribution in [1.29, 1.82) is 0 Å². The monoisotopic (exact) mass is 2110 g/mol. The van der Waals surface area contributed by atoms with Gasteiger partial charge in [-0.2, -0.15) is 26.3 Å². The van der Waals surface area contributed by atoms with Gasteiger partial charge in [0, 0.05) is 170 Å². The molecule has 0 unspecified atom stereocenters. The molecule has 43 heteroatoms. The fourth-order valence-corrected chi connectivity index (χ4v) is 20.7. The summed E-state index contributed by atoms with van der Waals surface area (Å²) in [6.07, 6.45) is -4.05. The number of carboxylic acids is 1. The molecule has 33 nitrogen and oxygen atoms in total. The number of nitrogens with one attached hydrogen (secondary N) is 9. The van der Waals surface area contributed by atoms with Crippen molar-refractivity contribution >= 4 is 116 Å². The zero-order valence-electron chi connectivity index (χ0n) is 85.9. The molecular weight excluding hydrogens is 1980 g/mol. The number of amides is 9. The number of nitrogens with zero attached hydrogens (tertiary/aromatic N) is 9. The topological polar surface area (TPSA) is 430 Å². The van der Waals surface area contributed by atoms with Crippen LogP contribution < -0.4 is 58.1 Å². The molecule has 10 atom stereocenters. The van der Waals surface area contributed by atoms with Gasteiger partial charge in [0.2, 0.25) is 52.5 Å². The van der Waals surface area contributed by atoms with E-state index in [2.05, 4.69) is 67.0 Å². The number of thiazole rings is 2. The number of hydrogen-bond donors (Lipinski definition) is 12. The average Bonchev–Trinajstić information content (AvgIpc) is 1.36. The van der Waals surface area contributed by atoms with Crippen LogP contribution in [0.2, 0.25) is 0 Å². The highest BCUT2D eigenvalue weighted by atomic mass is 32.1. The Morgan fingerprint density at radius 1 is 0.517 bits per heavy atom. The standard InChI is InChI=1S/C53H65F4N9O7S.C28H38N4O6S.C25H29F4N5O2/c1-30-26-65(27-31(2)63(30)7)42-23-40(54)37(21-41(42)61-49(71)38-25-58-45(69)22-39(38)53(55,56)57)34-16-18-64(19-17-34)46(70)11-9-8-10-44(68)62-48(52(4,5)6)51(73)66-28-36(67)20-43(66)50(72)59-24-33-12-14-35(15-13-33)47-32(3)60-29-74-47;1-17-24(39-16-30-17)19-11-9-18(10-12-19)14-29-26(37)21-13-20(33)15-32(21)27(38)25(28(2,3)4)31-22(34)7-5-6-8-23(35)36;1-14-12-34(13-15(2)33(14)3)22-10-20(26)17(16-4-6-30-7-5-16)8-21(22)32-24(36)18-11-31-23(35)9-19(18)25(27,28)29/h12-16,21-23,25,29-31,36,43,48,67H,8-11,17-20,24,26-28H2,1-7H3,(H,58,69)(H,59,72)(H,61,71)(H,62,68);9-12,16,20-21,25,33H,5-8,13-15H2,1-4H3,(H,29,37)(H,31,34)(H,35,36);4,8-11,14-15,30H,5-7,12-13H2,1-3H3,(H,31,35)(H,32,36)/t30-,31+,36-,43+,48-;20-,21+,25-;14-,15+/m11./s1. The molecule has 4 aromatic heterocycles. The Morgan fingerprint density at radius 2 is 0.906 bits per heavy atom. The highest BCUT2D eigenvalue weighted by Crippen LogP contribution is 2.42. The molecule has 4 saturated heterocycles. The van der Waals surface area contributed by atoms with Crippen LogP contribution in [-0.2, 0) is 63.8 Å². The summed E-state index contributed by atoms with van der Waals surface area (Å²) in [4.78, 5) is 182. The van der Waals surface area contributed by atoms with Crippen LogP contribution >= 0.6 is 22.7 Å². The number of aromatic amines is 2. The molecule has 9 amide bonds. The number of aliphatic hydroxyl groups excluding tert-OH is 2. The van der Waals surface area contributed by atoms with Crippen molar-refractivity contribution in [2.24, 2.45) is 10.8 Å². The molecule has 6 aliphatic heterocycles. The minimum atomic E-state index is -5.01. The van der Waals surface area contributed by atoms with Crippen molar-refractivity contribution in [3.05, 3.63) is 209 Å². The molecule has 0 aliphatic carbocycles. The number of aryl methyl sites for hydroxylation is 2. The predicted octanol–water partition coefficient (Wildman–Crippen LogP) is 13.3. The van der Waals surface area contributed by atoms with Crippen molar-refractivity contribution in [3.8, 4) is 20.9 Å². The Balaban J connectivity index is 0.000000220. The van der Waals surface area contributed by atoms with Crippen LogP contribution in [0.4, 0.5) is 57.9 Å². The second kappa shape index (κ2) is 49.7. The Labute approximate surface area is 866 Å². The number of aliphatic hydroxyl groups is 2. The van der Waals surface area contributed by atoms with E-state index < -0.39 is 146 Å². The van der Waals surface area contributed by atoms with E-state index in [0.29, 0.717) is 107 Å². The van der Waals surface area contributed by atoms with Gasteiger partial charge in [-0.3, -0.25) is 67.3 Å². The largest absolute Gasteiger partial charge is 0.481 e. The third kappa shape index (κ3) is 29.8. The van der Waals surface area contributed by atoms with E-state index in [4.69, 9.17) is 5.11 Å². The molecule has 6 aliphatic rings. The summed E-state index contributed by atoms with van der Waals surface area (Å²) >= 11 is 3.12. The second-order valence-electron chi connectivity index (χ2n) is 41.1. The summed E-state index contributed by atoms with van der Waals surface area (Å²) in [7, 11) is 3.96. The number of carboxylic acid groups (broad SMARTS) is 1. The molecule has 0 radical (unpaired) electrons. The summed E-state index contributed by atoms with van der Waals surface area (Å²) in [6.45, 7) is 26.8. The quantitative estimate of drug-likeness (QED) is 0.0147. The number of likely N-dealkylation sites (N-methyl/N-ethyl adjacent to an activating group) is 2. The molecule has 8 aromatic rings. The lowest BCUT2D eigenvalue weighted by Gasteiger charge is -2.44. The van der Waals surface area contributed by atoms with E-state index in [9.17, 15) is 94.1 Å². The number of unbranched alkanes of at least 4 members (excludes halogenated alkanes) is 2. The van der Waals surface area contributed by atoms with Crippen molar-refractivity contribution in [3.63, 3.8) is 0 Å². The van der Waals surface area contributed by atoms with Crippen LogP contribution in [0.3, 0.4) is 0 Å². The Bertz CT molecular complexity index is 6350. The van der Waals surface area contributed by atoms with Gasteiger partial charge in [0.25, 0.3) is 11.8 Å². The van der Waals surface area contributed by atoms with Crippen molar-refractivity contribution in [1.82, 2.24) is 71.0 Å². The maximum Gasteiger partial charge on any atom is 0.417 e. The second-order valence-corrected chi connectivity index (χ2v) is 42.8. The van der Waals surface area contributed by atoms with E-state index in [1.807, 2.05) is 141 Å². The molecule has 0 saturated carbocycles. The highest BCUT2D eigenvalue weighted by molar-refractivity contribution is 7.13. The number of halogens is 8. The molecule has 804 valence electrons. The number of aliphatic carboxylic acids is 1. The first-order chi connectivity index (χ1) is 70.2. The van der Waals surface area contributed by atoms with E-state index in [1.54, 1.807) is 65.4 Å². The summed E-state index contributed by atoms with van der Waals surface area (Å²) in [5, 5.41) is 49.5. The van der Waals surface area contributed by atoms with Gasteiger partial charge >= 0.3 is 18.3 Å². The molecule has 10 heterocycles. The van der Waals surface area contributed by atoms with Crippen molar-refractivity contribution < 1.29 is 98.4 Å². The number of β-amino-alcohol motifs (C(OH)–C–C–N with tert-alkyl or cyclic N) is 2. The molecule has 0 spiro atoms. The normalized spacial score (nSPS) is 19.8. The smallest absolute Gasteiger partial charge is 0.417 e. The number of carbonyl (C=O) groups is 10. The number of pyridine rings is 2. The highest BCUT2D eigenvalue weighted by Gasteiger charge is 2.48. The lowest BCUT2D eigenvalue weighted by atomic mass is 9.85. The fourth-order valence-electron chi connectivity index (χ4n) is 19.0. The predicted molar refractivity (Wildman–Crippen MR) is 553 cm³/mol. The van der Waals surface area contributed by atoms with Crippen molar-refractivity contribution in [2.75, 3.05) is 100.0 Å². The minimum Gasteiger partial charge on any atom is -0.481 e. The zero-order chi connectivity index (χ0) is 109. The van der Waals surface area contributed by atoms with E-state index in [1.165, 1.54) is 34.1 Å². The Hall–Kier alpha value is -12.9. The number of rotatable bonds is 30. The summed E-state index contributed by atoms with van der Waals surface area (Å²) in [6, 6.07) is 18.3. The van der Waals surface area contributed by atoms with Gasteiger partial charge in [-0.1, -0.05) is 102 Å². The molecule has 149 heavy (non-hydrogen) atoms. The number of alkyl halides is 6. The number of aromatic nitrogens is 4. The zero-order valence-corrected chi connectivity index (χ0v) is 87.5. The van der Waals surface area contributed by atoms with Gasteiger partial charge in [-0.15, -0.1) is 22.7 Å². The Kier molecular flexibility index (Phi) is 38.3. The number of likely N-dealkylation sites (tertiary alicyclic amines) is 2. The van der Waals surface area contributed by atoms with Crippen molar-refractivity contribution in [2.45, 2.75) is 246 Å². The number of benzene rings is 4. The number of carbonyl (C=O) groups excluding carboxylic acids is 9. The van der Waals surface area contributed by atoms with Gasteiger partial charge in [-0.25, -0.2) is 18.7 Å². The third-order valence-electron chi connectivity index (χ3n) is 27.8. The van der Waals surface area contributed by atoms with Crippen LogP contribution in [0, 0.1) is 36.3 Å². The molecule has 0 bridgehead atoms. The number of hydrogen-bond acceptors (Lipinski definition) is 23.